The lowest BCUT2D eigenvalue weighted by Crippen LogP contribution is -2.41. The third kappa shape index (κ3) is 3.25. The monoisotopic (exact) mass is 310 g/mol. The van der Waals surface area contributed by atoms with E-state index in [1.165, 1.54) is 5.56 Å². The highest BCUT2D eigenvalue weighted by Gasteiger charge is 2.20. The molecule has 0 radical (unpaired) electrons. The highest BCUT2D eigenvalue weighted by atomic mass is 79.9. The second-order valence-electron chi connectivity index (χ2n) is 4.91. The van der Waals surface area contributed by atoms with Crippen molar-refractivity contribution < 1.29 is 4.79 Å². The Hall–Kier alpha value is -1.03. The van der Waals surface area contributed by atoms with Crippen LogP contribution in [0.1, 0.15) is 25.3 Å². The van der Waals surface area contributed by atoms with Gasteiger partial charge in [0.2, 0.25) is 5.91 Å². The zero-order valence-corrected chi connectivity index (χ0v) is 12.5. The molecule has 0 unspecified atom stereocenters. The molecule has 0 saturated carbocycles. The molecule has 2 rings (SSSR count). The Bertz CT molecular complexity index is 439. The molecule has 98 valence electrons. The van der Waals surface area contributed by atoms with E-state index in [2.05, 4.69) is 46.4 Å². The highest BCUT2D eigenvalue weighted by Crippen LogP contribution is 2.26. The van der Waals surface area contributed by atoms with Crippen LogP contribution in [0.2, 0.25) is 0 Å². The van der Waals surface area contributed by atoms with E-state index in [0.29, 0.717) is 6.04 Å². The van der Waals surface area contributed by atoms with Gasteiger partial charge in [-0.15, -0.1) is 0 Å². The van der Waals surface area contributed by atoms with E-state index in [1.807, 2.05) is 4.90 Å². The van der Waals surface area contributed by atoms with E-state index in [0.717, 1.165) is 36.1 Å². The minimum absolute atomic E-state index is 0.185. The molecule has 1 heterocycles. The molecule has 1 fully saturated rings. The molecular formula is C14H19BrN2O. The van der Waals surface area contributed by atoms with Gasteiger partial charge in [0, 0.05) is 36.2 Å². The fourth-order valence-electron chi connectivity index (χ4n) is 2.30. The van der Waals surface area contributed by atoms with E-state index in [-0.39, 0.29) is 5.91 Å². The molecule has 18 heavy (non-hydrogen) atoms. The van der Waals surface area contributed by atoms with Crippen LogP contribution < -0.4 is 5.32 Å². The van der Waals surface area contributed by atoms with Gasteiger partial charge in [-0.05, 0) is 53.4 Å². The summed E-state index contributed by atoms with van der Waals surface area (Å²) in [6.07, 6.45) is 2.03. The van der Waals surface area contributed by atoms with E-state index in [1.54, 1.807) is 6.92 Å². The van der Waals surface area contributed by atoms with Crippen LogP contribution in [0.25, 0.3) is 0 Å². The molecule has 1 amide bonds. The average molecular weight is 311 g/mol. The Kier molecular flexibility index (Phi) is 4.27. The van der Waals surface area contributed by atoms with Gasteiger partial charge in [0.05, 0.1) is 0 Å². The summed E-state index contributed by atoms with van der Waals surface area (Å²) < 4.78 is 1.11. The van der Waals surface area contributed by atoms with Crippen LogP contribution >= 0.6 is 15.9 Å². The molecule has 3 nitrogen and oxygen atoms in total. The molecule has 1 aromatic rings. The number of anilines is 1. The van der Waals surface area contributed by atoms with Crippen molar-refractivity contribution >= 4 is 27.5 Å². The standard InChI is InChI=1S/C14H19BrN2O/c1-10-3-4-14(13(15)9-10)16-12-5-7-17(8-6-12)11(2)18/h3-4,9,12,16H,5-8H2,1-2H3. The maximum absolute atomic E-state index is 11.3. The number of amides is 1. The molecule has 0 spiro atoms. The van der Waals surface area contributed by atoms with Gasteiger partial charge in [-0.1, -0.05) is 6.07 Å². The Morgan fingerprint density at radius 2 is 2.06 bits per heavy atom. The van der Waals surface area contributed by atoms with Crippen LogP contribution in [0.5, 0.6) is 0 Å². The molecular weight excluding hydrogens is 292 g/mol. The van der Waals surface area contributed by atoms with Crippen molar-refractivity contribution in [3.05, 3.63) is 28.2 Å². The van der Waals surface area contributed by atoms with Gasteiger partial charge in [-0.3, -0.25) is 4.79 Å². The smallest absolute Gasteiger partial charge is 0.219 e. The van der Waals surface area contributed by atoms with Crippen molar-refractivity contribution in [1.82, 2.24) is 4.90 Å². The number of rotatable bonds is 2. The maximum atomic E-state index is 11.3. The zero-order chi connectivity index (χ0) is 13.1. The summed E-state index contributed by atoms with van der Waals surface area (Å²) in [5.74, 6) is 0.185. The molecule has 0 bridgehead atoms. The van der Waals surface area contributed by atoms with Crippen molar-refractivity contribution in [1.29, 1.82) is 0 Å². The third-order valence-electron chi connectivity index (χ3n) is 3.42. The Labute approximate surface area is 117 Å². The fraction of sp³-hybridized carbons (Fsp3) is 0.500. The van der Waals surface area contributed by atoms with Crippen molar-refractivity contribution in [2.45, 2.75) is 32.7 Å². The van der Waals surface area contributed by atoms with Crippen LogP contribution in [-0.4, -0.2) is 29.9 Å². The Morgan fingerprint density at radius 3 is 2.61 bits per heavy atom. The third-order valence-corrected chi connectivity index (χ3v) is 4.08. The van der Waals surface area contributed by atoms with Gasteiger partial charge in [0.1, 0.15) is 0 Å². The first-order chi connectivity index (χ1) is 8.56. The van der Waals surface area contributed by atoms with Crippen molar-refractivity contribution in [3.63, 3.8) is 0 Å². The van der Waals surface area contributed by atoms with Crippen LogP contribution in [0.3, 0.4) is 0 Å². The molecule has 0 aliphatic carbocycles. The normalized spacial score (nSPS) is 16.7. The maximum Gasteiger partial charge on any atom is 0.219 e. The molecule has 1 aliphatic rings. The van der Waals surface area contributed by atoms with Crippen LogP contribution in [0, 0.1) is 6.92 Å². The lowest BCUT2D eigenvalue weighted by molar-refractivity contribution is -0.129. The van der Waals surface area contributed by atoms with Crippen LogP contribution in [-0.2, 0) is 4.79 Å². The SMILES string of the molecule is CC(=O)N1CCC(Nc2ccc(C)cc2Br)CC1. The predicted molar refractivity (Wildman–Crippen MR) is 77.8 cm³/mol. The van der Waals surface area contributed by atoms with E-state index in [9.17, 15) is 4.79 Å². The predicted octanol–water partition coefficient (Wildman–Crippen LogP) is 3.18. The molecule has 1 saturated heterocycles. The topological polar surface area (TPSA) is 32.3 Å². The molecule has 1 aromatic carbocycles. The van der Waals surface area contributed by atoms with Crippen LogP contribution in [0.15, 0.2) is 22.7 Å². The number of halogens is 1. The molecule has 0 aromatic heterocycles. The molecule has 1 N–H and O–H groups in total. The summed E-state index contributed by atoms with van der Waals surface area (Å²) in [7, 11) is 0. The molecule has 1 aliphatic heterocycles. The Balaban J connectivity index is 1.93. The number of carbonyl (C=O) groups excluding carboxylic acids is 1. The highest BCUT2D eigenvalue weighted by molar-refractivity contribution is 9.10. The number of nitrogens with one attached hydrogen (secondary N) is 1. The number of piperidine rings is 1. The number of hydrogen-bond donors (Lipinski definition) is 1. The second kappa shape index (κ2) is 5.74. The number of carbonyl (C=O) groups is 1. The Morgan fingerprint density at radius 1 is 1.39 bits per heavy atom. The molecule has 0 atom stereocenters. The summed E-state index contributed by atoms with van der Waals surface area (Å²) in [4.78, 5) is 13.2. The van der Waals surface area contributed by atoms with Gasteiger partial charge in [-0.25, -0.2) is 0 Å². The van der Waals surface area contributed by atoms with Crippen molar-refractivity contribution in [3.8, 4) is 0 Å². The minimum atomic E-state index is 0.185. The first-order valence-corrected chi connectivity index (χ1v) is 7.14. The minimum Gasteiger partial charge on any atom is -0.381 e. The summed E-state index contributed by atoms with van der Waals surface area (Å²) >= 11 is 3.58. The van der Waals surface area contributed by atoms with Gasteiger partial charge < -0.3 is 10.2 Å². The largest absolute Gasteiger partial charge is 0.381 e. The summed E-state index contributed by atoms with van der Waals surface area (Å²) in [6, 6.07) is 6.79. The summed E-state index contributed by atoms with van der Waals surface area (Å²) in [5.41, 5.74) is 2.39. The summed E-state index contributed by atoms with van der Waals surface area (Å²) in [6.45, 7) is 5.44. The van der Waals surface area contributed by atoms with Crippen LogP contribution in [0.4, 0.5) is 5.69 Å². The van der Waals surface area contributed by atoms with E-state index < -0.39 is 0 Å². The van der Waals surface area contributed by atoms with Crippen molar-refractivity contribution in [2.75, 3.05) is 18.4 Å². The fourth-order valence-corrected chi connectivity index (χ4v) is 2.90. The second-order valence-corrected chi connectivity index (χ2v) is 5.76. The van der Waals surface area contributed by atoms with Gasteiger partial charge in [0.25, 0.3) is 0 Å². The quantitative estimate of drug-likeness (QED) is 0.910. The lowest BCUT2D eigenvalue weighted by Gasteiger charge is -2.32. The zero-order valence-electron chi connectivity index (χ0n) is 10.9. The van der Waals surface area contributed by atoms with Gasteiger partial charge in [-0.2, -0.15) is 0 Å². The number of likely N-dealkylation sites (tertiary alicyclic amines) is 1. The van der Waals surface area contributed by atoms with Gasteiger partial charge >= 0.3 is 0 Å². The number of aryl methyl sites for hydroxylation is 1. The average Bonchev–Trinajstić information content (AvgIpc) is 2.33. The van der Waals surface area contributed by atoms with Gasteiger partial charge in [0.15, 0.2) is 0 Å². The van der Waals surface area contributed by atoms with E-state index >= 15 is 0 Å². The van der Waals surface area contributed by atoms with E-state index in [4.69, 9.17) is 0 Å². The number of nitrogens with zero attached hydrogens (tertiary/aromatic N) is 1. The number of hydrogen-bond acceptors (Lipinski definition) is 2. The first kappa shape index (κ1) is 13.4. The first-order valence-electron chi connectivity index (χ1n) is 6.34. The lowest BCUT2D eigenvalue weighted by atomic mass is 10.0. The molecule has 4 heteroatoms. The van der Waals surface area contributed by atoms with Crippen molar-refractivity contribution in [2.24, 2.45) is 0 Å². The number of benzene rings is 1. The summed E-state index contributed by atoms with van der Waals surface area (Å²) in [5, 5.41) is 3.55.